The van der Waals surface area contributed by atoms with Gasteiger partial charge >= 0.3 is 5.97 Å². The number of hydrogen-bond acceptors (Lipinski definition) is 8. The van der Waals surface area contributed by atoms with Gasteiger partial charge in [-0.25, -0.2) is 0 Å². The SMILES string of the molecule is CCCCCCCCCCCCCCCC/C=C/O[C@H](COC(=O)CCC/C=C\C/C=C\C/C=C\C/C=C\CCC[C@@H](C)O)COP(=O)([O-])OCC[N+](C)(C)C. The Morgan fingerprint density at radius 2 is 1.14 bits per heavy atom. The van der Waals surface area contributed by atoms with Crippen molar-refractivity contribution in [3.63, 3.8) is 0 Å². The minimum Gasteiger partial charge on any atom is -0.756 e. The third kappa shape index (κ3) is 43.1. The fourth-order valence-electron chi connectivity index (χ4n) is 5.66. The van der Waals surface area contributed by atoms with Crippen LogP contribution in [0.1, 0.15) is 168 Å². The van der Waals surface area contributed by atoms with Crippen LogP contribution in [0.4, 0.5) is 0 Å². The average molecular weight is 810 g/mol. The second-order valence-corrected chi connectivity index (χ2v) is 17.5. The zero-order chi connectivity index (χ0) is 41.4. The van der Waals surface area contributed by atoms with Gasteiger partial charge in [0.15, 0.2) is 6.10 Å². The predicted molar refractivity (Wildman–Crippen MR) is 232 cm³/mol. The summed E-state index contributed by atoms with van der Waals surface area (Å²) in [5.74, 6) is -0.357. The number of allylic oxidation sites excluding steroid dienone is 9. The molecule has 0 radical (unpaired) electrons. The number of carbonyl (C=O) groups excluding carboxylic acids is 1. The van der Waals surface area contributed by atoms with Crippen molar-refractivity contribution in [2.75, 3.05) is 47.5 Å². The van der Waals surface area contributed by atoms with Gasteiger partial charge in [-0.05, 0) is 77.2 Å². The van der Waals surface area contributed by atoms with E-state index in [0.717, 1.165) is 57.8 Å². The molecule has 1 unspecified atom stereocenters. The lowest BCUT2D eigenvalue weighted by molar-refractivity contribution is -0.870. The van der Waals surface area contributed by atoms with Crippen molar-refractivity contribution in [1.29, 1.82) is 0 Å². The van der Waals surface area contributed by atoms with Gasteiger partial charge in [-0.15, -0.1) is 0 Å². The van der Waals surface area contributed by atoms with E-state index in [2.05, 4.69) is 55.5 Å². The smallest absolute Gasteiger partial charge is 0.305 e. The van der Waals surface area contributed by atoms with Gasteiger partial charge < -0.3 is 33.0 Å². The van der Waals surface area contributed by atoms with Crippen LogP contribution in [-0.4, -0.2) is 75.3 Å². The molecule has 1 N–H and O–H groups in total. The summed E-state index contributed by atoms with van der Waals surface area (Å²) in [5.41, 5.74) is 0. The first kappa shape index (κ1) is 54.0. The Kier molecular flexibility index (Phi) is 37.1. The Balaban J connectivity index is 4.38. The summed E-state index contributed by atoms with van der Waals surface area (Å²) < 4.78 is 34.3. The van der Waals surface area contributed by atoms with Crippen LogP contribution in [0.25, 0.3) is 0 Å². The maximum absolute atomic E-state index is 12.5. The van der Waals surface area contributed by atoms with Gasteiger partial charge in [0.05, 0.1) is 40.1 Å². The number of unbranched alkanes of at least 4 members (excludes halogenated alkanes) is 16. The van der Waals surface area contributed by atoms with Crippen molar-refractivity contribution in [2.45, 2.75) is 180 Å². The summed E-state index contributed by atoms with van der Waals surface area (Å²) >= 11 is 0. The van der Waals surface area contributed by atoms with Crippen LogP contribution in [0.5, 0.6) is 0 Å². The molecule has 0 saturated carbocycles. The highest BCUT2D eigenvalue weighted by atomic mass is 31.2. The summed E-state index contributed by atoms with van der Waals surface area (Å²) in [4.78, 5) is 24.8. The molecule has 326 valence electrons. The summed E-state index contributed by atoms with van der Waals surface area (Å²) in [5, 5.41) is 9.27. The molecule has 3 atom stereocenters. The molecule has 0 aliphatic rings. The lowest BCUT2D eigenvalue weighted by Crippen LogP contribution is -2.37. The molecule has 0 amide bonds. The number of carbonyl (C=O) groups is 1. The number of aliphatic hydroxyl groups is 1. The molecule has 0 aliphatic carbocycles. The van der Waals surface area contributed by atoms with Crippen LogP contribution in [-0.2, 0) is 27.9 Å². The highest BCUT2D eigenvalue weighted by Crippen LogP contribution is 2.38. The second kappa shape index (κ2) is 38.5. The predicted octanol–water partition coefficient (Wildman–Crippen LogP) is 11.6. The van der Waals surface area contributed by atoms with Gasteiger partial charge in [0.1, 0.15) is 19.8 Å². The molecular weight excluding hydrogens is 725 g/mol. The van der Waals surface area contributed by atoms with Gasteiger partial charge in [0, 0.05) is 6.42 Å². The van der Waals surface area contributed by atoms with Crippen LogP contribution in [0, 0.1) is 0 Å². The minimum absolute atomic E-state index is 0.0117. The van der Waals surface area contributed by atoms with E-state index in [0.29, 0.717) is 17.4 Å². The quantitative estimate of drug-likeness (QED) is 0.0162. The molecule has 0 fully saturated rings. The Hall–Kier alpha value is -2.00. The van der Waals surface area contributed by atoms with Crippen LogP contribution in [0.3, 0.4) is 0 Å². The van der Waals surface area contributed by atoms with Crippen LogP contribution >= 0.6 is 7.82 Å². The van der Waals surface area contributed by atoms with Crippen molar-refractivity contribution < 1.29 is 42.4 Å². The van der Waals surface area contributed by atoms with Crippen LogP contribution < -0.4 is 4.89 Å². The molecule has 0 aromatic carbocycles. The first-order valence-electron chi connectivity index (χ1n) is 22.1. The van der Waals surface area contributed by atoms with Crippen molar-refractivity contribution >= 4 is 13.8 Å². The summed E-state index contributed by atoms with van der Waals surface area (Å²) in [7, 11) is 1.31. The number of likely N-dealkylation sites (N-methyl/N-ethyl adjacent to an activating group) is 1. The lowest BCUT2D eigenvalue weighted by atomic mass is 10.0. The maximum Gasteiger partial charge on any atom is 0.305 e. The van der Waals surface area contributed by atoms with Gasteiger partial charge in [-0.1, -0.05) is 139 Å². The Morgan fingerprint density at radius 1 is 0.661 bits per heavy atom. The molecule has 10 heteroatoms. The molecule has 0 rings (SSSR count). The van der Waals surface area contributed by atoms with Crippen LogP contribution in [0.15, 0.2) is 60.9 Å². The zero-order valence-electron chi connectivity index (χ0n) is 36.4. The zero-order valence-corrected chi connectivity index (χ0v) is 37.3. The average Bonchev–Trinajstić information content (AvgIpc) is 3.14. The van der Waals surface area contributed by atoms with E-state index in [1.54, 1.807) is 6.26 Å². The van der Waals surface area contributed by atoms with Crippen molar-refractivity contribution in [3.8, 4) is 0 Å². The van der Waals surface area contributed by atoms with Crippen molar-refractivity contribution in [3.05, 3.63) is 60.9 Å². The first-order chi connectivity index (χ1) is 26.9. The largest absolute Gasteiger partial charge is 0.756 e. The lowest BCUT2D eigenvalue weighted by Gasteiger charge is -2.28. The number of esters is 1. The molecule has 56 heavy (non-hydrogen) atoms. The molecule has 0 saturated heterocycles. The van der Waals surface area contributed by atoms with Gasteiger partial charge in [-0.2, -0.15) is 0 Å². The van der Waals surface area contributed by atoms with E-state index in [1.165, 1.54) is 83.5 Å². The number of quaternary nitrogens is 1. The van der Waals surface area contributed by atoms with E-state index in [-0.39, 0.29) is 38.3 Å². The standard InChI is InChI=1S/C46H84NO8P/c1-6-7-8-9-10-11-12-13-14-18-21-24-27-30-33-36-40-52-45(43-55-56(50,51)54-41-39-47(3,4)5)42-53-46(49)38-35-32-29-26-23-20-17-15-16-19-22-25-28-31-34-37-44(2)48/h16-17,19-20,25-26,28-29,36,40,44-45,48H,6-15,18,21-24,27,30-35,37-39,41-43H2,1-5H3/b19-16-,20-17-,28-25-,29-26-,40-36+/t44-,45-/m1/s1. The third-order valence-corrected chi connectivity index (χ3v) is 10.1. The number of hydrogen-bond donors (Lipinski definition) is 1. The highest BCUT2D eigenvalue weighted by molar-refractivity contribution is 7.45. The van der Waals surface area contributed by atoms with Crippen molar-refractivity contribution in [2.24, 2.45) is 0 Å². The second-order valence-electron chi connectivity index (χ2n) is 16.1. The summed E-state index contributed by atoms with van der Waals surface area (Å²) in [6.07, 6.45) is 46.1. The van der Waals surface area contributed by atoms with Gasteiger partial charge in [-0.3, -0.25) is 9.36 Å². The number of nitrogens with zero attached hydrogens (tertiary/aromatic N) is 1. The number of rotatable bonds is 40. The molecule has 0 bridgehead atoms. The van der Waals surface area contributed by atoms with E-state index >= 15 is 0 Å². The summed E-state index contributed by atoms with van der Waals surface area (Å²) in [6, 6.07) is 0. The summed E-state index contributed by atoms with van der Waals surface area (Å²) in [6.45, 7) is 4.18. The van der Waals surface area contributed by atoms with Crippen molar-refractivity contribution in [1.82, 2.24) is 0 Å². The maximum atomic E-state index is 12.5. The normalized spacial score (nSPS) is 14.8. The number of phosphoric acid groups is 1. The number of aliphatic hydroxyl groups excluding tert-OH is 1. The van der Waals surface area contributed by atoms with Gasteiger partial charge in [0.2, 0.25) is 0 Å². The fourth-order valence-corrected chi connectivity index (χ4v) is 6.39. The monoisotopic (exact) mass is 810 g/mol. The Bertz CT molecular complexity index is 1100. The Morgan fingerprint density at radius 3 is 1.66 bits per heavy atom. The topological polar surface area (TPSA) is 114 Å². The van der Waals surface area contributed by atoms with E-state index in [1.807, 2.05) is 34.1 Å². The molecule has 0 aromatic rings. The van der Waals surface area contributed by atoms with Gasteiger partial charge in [0.25, 0.3) is 7.82 Å². The molecule has 0 heterocycles. The number of phosphoric ester groups is 1. The minimum atomic E-state index is -4.54. The molecule has 9 nitrogen and oxygen atoms in total. The highest BCUT2D eigenvalue weighted by Gasteiger charge is 2.19. The molecular formula is C46H84NO8P. The molecule has 0 aliphatic heterocycles. The first-order valence-corrected chi connectivity index (χ1v) is 23.6. The van der Waals surface area contributed by atoms with E-state index in [9.17, 15) is 19.4 Å². The Labute approximate surface area is 343 Å². The number of ether oxygens (including phenoxy) is 2. The molecule has 0 aromatic heterocycles. The third-order valence-electron chi connectivity index (χ3n) is 9.18. The fraction of sp³-hybridized carbons (Fsp3) is 0.761. The van der Waals surface area contributed by atoms with E-state index in [4.69, 9.17) is 18.5 Å². The van der Waals surface area contributed by atoms with Crippen LogP contribution in [0.2, 0.25) is 0 Å². The van der Waals surface area contributed by atoms with E-state index < -0.39 is 13.9 Å². The molecule has 0 spiro atoms.